The molecule has 0 N–H and O–H groups in total. The van der Waals surface area contributed by atoms with E-state index in [2.05, 4.69) is 68.4 Å². The Hall–Kier alpha value is -1.00. The Morgan fingerprint density at radius 2 is 1.86 bits per heavy atom. The van der Waals surface area contributed by atoms with Crippen molar-refractivity contribution in [2.45, 2.75) is 71.5 Å². The summed E-state index contributed by atoms with van der Waals surface area (Å²) in [5.74, 6) is 4.65. The highest BCUT2D eigenvalue weighted by atomic mass is 28.3. The predicted molar refractivity (Wildman–Crippen MR) is 101 cm³/mol. The van der Waals surface area contributed by atoms with Crippen LogP contribution < -0.4 is 0 Å². The van der Waals surface area contributed by atoms with Crippen molar-refractivity contribution in [2.24, 2.45) is 11.3 Å². The first-order valence-electron chi connectivity index (χ1n) is 9.03. The minimum Gasteiger partial charge on any atom is -0.131 e. The molecule has 1 aromatic carbocycles. The van der Waals surface area contributed by atoms with Crippen LogP contribution in [-0.2, 0) is 6.42 Å². The van der Waals surface area contributed by atoms with Crippen molar-refractivity contribution in [3.63, 3.8) is 0 Å². The van der Waals surface area contributed by atoms with Gasteiger partial charge in [-0.15, -0.1) is 11.5 Å². The number of unbranched alkanes of at least 4 members (excludes halogenated alkanes) is 1. The van der Waals surface area contributed by atoms with Crippen molar-refractivity contribution < 1.29 is 0 Å². The molecule has 1 fully saturated rings. The van der Waals surface area contributed by atoms with Gasteiger partial charge in [0.1, 0.15) is 8.07 Å². The topological polar surface area (TPSA) is 0 Å². The van der Waals surface area contributed by atoms with Crippen LogP contribution in [0.4, 0.5) is 0 Å². The Bertz CT molecular complexity index is 514. The molecule has 0 aromatic heterocycles. The van der Waals surface area contributed by atoms with E-state index in [9.17, 15) is 0 Å². The van der Waals surface area contributed by atoms with Gasteiger partial charge in [-0.1, -0.05) is 69.7 Å². The van der Waals surface area contributed by atoms with Crippen LogP contribution in [-0.4, -0.2) is 8.07 Å². The van der Waals surface area contributed by atoms with Gasteiger partial charge in [-0.05, 0) is 43.6 Å². The second-order valence-electron chi connectivity index (χ2n) is 8.04. The Kier molecular flexibility index (Phi) is 5.92. The third-order valence-electron chi connectivity index (χ3n) is 4.76. The summed E-state index contributed by atoms with van der Waals surface area (Å²) in [5.41, 5.74) is 5.52. The lowest BCUT2D eigenvalue weighted by Gasteiger charge is -2.13. The molecule has 1 saturated carbocycles. The fourth-order valence-electron chi connectivity index (χ4n) is 3.30. The average molecular weight is 313 g/mol. The molecule has 2 atom stereocenters. The zero-order valence-corrected chi connectivity index (χ0v) is 15.9. The lowest BCUT2D eigenvalue weighted by atomic mass is 9.93. The number of rotatable bonds is 7. The zero-order chi connectivity index (χ0) is 16.1. The maximum absolute atomic E-state index is 3.77. The van der Waals surface area contributed by atoms with Gasteiger partial charge in [-0.3, -0.25) is 0 Å². The van der Waals surface area contributed by atoms with Gasteiger partial charge in [-0.25, -0.2) is 0 Å². The molecule has 0 spiro atoms. The molecule has 1 aromatic rings. The van der Waals surface area contributed by atoms with Gasteiger partial charge in [0.15, 0.2) is 0 Å². The lowest BCUT2D eigenvalue weighted by Crippen LogP contribution is -2.17. The van der Waals surface area contributed by atoms with E-state index in [4.69, 9.17) is 0 Å². The summed E-state index contributed by atoms with van der Waals surface area (Å²) in [7, 11) is -1.25. The highest BCUT2D eigenvalue weighted by molar-refractivity contribution is 6.83. The van der Waals surface area contributed by atoms with Crippen LogP contribution in [0.5, 0.6) is 0 Å². The summed E-state index contributed by atoms with van der Waals surface area (Å²) in [6.45, 7) is 9.39. The van der Waals surface area contributed by atoms with Gasteiger partial charge in [0, 0.05) is 5.41 Å². The third-order valence-corrected chi connectivity index (χ3v) is 5.63. The van der Waals surface area contributed by atoms with Gasteiger partial charge in [-0.2, -0.15) is 0 Å². The highest BCUT2D eigenvalue weighted by Crippen LogP contribution is 2.58. The van der Waals surface area contributed by atoms with E-state index in [-0.39, 0.29) is 0 Å². The van der Waals surface area contributed by atoms with Gasteiger partial charge in [0.05, 0.1) is 0 Å². The third kappa shape index (κ3) is 5.32. The standard InChI is InChI=1S/C21H32Si/c1-5-6-14-20-18-21(20,16-17-22(2,3)4)15-10-13-19-11-8-7-9-12-19/h7-9,11-12,20H,5-6,10,13-15,18H2,1-4H3. The largest absolute Gasteiger partial charge is 0.131 e. The molecule has 2 unspecified atom stereocenters. The van der Waals surface area contributed by atoms with E-state index < -0.39 is 8.07 Å². The van der Waals surface area contributed by atoms with E-state index in [1.807, 2.05) is 0 Å². The number of hydrogen-bond donors (Lipinski definition) is 0. The molecule has 0 bridgehead atoms. The van der Waals surface area contributed by atoms with E-state index in [1.54, 1.807) is 0 Å². The van der Waals surface area contributed by atoms with Crippen molar-refractivity contribution in [1.29, 1.82) is 0 Å². The smallest absolute Gasteiger partial charge is 0.129 e. The predicted octanol–water partition coefficient (Wildman–Crippen LogP) is 6.09. The Labute approximate surface area is 138 Å². The molecule has 1 aliphatic carbocycles. The molecule has 0 heterocycles. The van der Waals surface area contributed by atoms with Crippen LogP contribution in [0.2, 0.25) is 19.6 Å². The van der Waals surface area contributed by atoms with E-state index in [0.29, 0.717) is 5.41 Å². The van der Waals surface area contributed by atoms with Gasteiger partial charge >= 0.3 is 0 Å². The molecule has 0 saturated heterocycles. The summed E-state index contributed by atoms with van der Waals surface area (Å²) in [6.07, 6.45) is 9.23. The number of benzene rings is 1. The first kappa shape index (κ1) is 17.4. The molecule has 0 nitrogen and oxygen atoms in total. The molecule has 0 amide bonds. The van der Waals surface area contributed by atoms with Crippen LogP contribution in [0.3, 0.4) is 0 Å². The first-order valence-corrected chi connectivity index (χ1v) is 12.5. The maximum atomic E-state index is 3.77. The molecule has 2 rings (SSSR count). The molecule has 0 radical (unpaired) electrons. The van der Waals surface area contributed by atoms with Crippen molar-refractivity contribution in [1.82, 2.24) is 0 Å². The maximum Gasteiger partial charge on any atom is 0.129 e. The molecule has 1 aliphatic rings. The van der Waals surface area contributed by atoms with E-state index in [0.717, 1.165) is 5.92 Å². The summed E-state index contributed by atoms with van der Waals surface area (Å²) in [6, 6.07) is 10.9. The van der Waals surface area contributed by atoms with Crippen molar-refractivity contribution in [3.05, 3.63) is 35.9 Å². The minimum absolute atomic E-state index is 0.379. The first-order chi connectivity index (χ1) is 10.5. The van der Waals surface area contributed by atoms with Gasteiger partial charge < -0.3 is 0 Å². The highest BCUT2D eigenvalue weighted by Gasteiger charge is 2.51. The fraction of sp³-hybridized carbons (Fsp3) is 0.619. The second-order valence-corrected chi connectivity index (χ2v) is 12.8. The van der Waals surface area contributed by atoms with E-state index >= 15 is 0 Å². The van der Waals surface area contributed by atoms with Crippen molar-refractivity contribution in [2.75, 3.05) is 0 Å². The van der Waals surface area contributed by atoms with Gasteiger partial charge in [0.25, 0.3) is 0 Å². The second kappa shape index (κ2) is 7.51. The Morgan fingerprint density at radius 3 is 2.50 bits per heavy atom. The SMILES string of the molecule is CCCCC1CC1(C#C[Si](C)(C)C)CCCc1ccccc1. The average Bonchev–Trinajstić information content (AvgIpc) is 3.17. The van der Waals surface area contributed by atoms with Crippen molar-refractivity contribution >= 4 is 8.07 Å². The monoisotopic (exact) mass is 312 g/mol. The molecular formula is C21H32Si. The van der Waals surface area contributed by atoms with Crippen LogP contribution >= 0.6 is 0 Å². The summed E-state index contributed by atoms with van der Waals surface area (Å²) in [5, 5.41) is 0. The lowest BCUT2D eigenvalue weighted by molar-refractivity contribution is 0.487. The summed E-state index contributed by atoms with van der Waals surface area (Å²) >= 11 is 0. The summed E-state index contributed by atoms with van der Waals surface area (Å²) < 4.78 is 0. The summed E-state index contributed by atoms with van der Waals surface area (Å²) in [4.78, 5) is 0. The van der Waals surface area contributed by atoms with Crippen molar-refractivity contribution in [3.8, 4) is 11.5 Å². The van der Waals surface area contributed by atoms with Crippen LogP contribution in [0.1, 0.15) is 51.0 Å². The molecule has 1 heteroatoms. The normalized spacial score (nSPS) is 23.7. The molecule has 0 aliphatic heterocycles. The number of hydrogen-bond acceptors (Lipinski definition) is 0. The number of aryl methyl sites for hydroxylation is 1. The quantitative estimate of drug-likeness (QED) is 0.422. The Balaban J connectivity index is 1.93. The zero-order valence-electron chi connectivity index (χ0n) is 14.9. The van der Waals surface area contributed by atoms with Crippen LogP contribution in [0, 0.1) is 22.8 Å². The van der Waals surface area contributed by atoms with E-state index in [1.165, 1.54) is 50.5 Å². The fourth-order valence-corrected chi connectivity index (χ4v) is 3.92. The van der Waals surface area contributed by atoms with Crippen LogP contribution in [0.15, 0.2) is 30.3 Å². The molecule has 120 valence electrons. The minimum atomic E-state index is -1.25. The Morgan fingerprint density at radius 1 is 1.14 bits per heavy atom. The molecular weight excluding hydrogens is 280 g/mol. The van der Waals surface area contributed by atoms with Crippen LogP contribution in [0.25, 0.3) is 0 Å². The molecule has 22 heavy (non-hydrogen) atoms. The van der Waals surface area contributed by atoms with Gasteiger partial charge in [0.2, 0.25) is 0 Å².